The molecule has 0 N–H and O–H groups in total. The number of ether oxygens (including phenoxy) is 1. The average Bonchev–Trinajstić information content (AvgIpc) is 2.68. The van der Waals surface area contributed by atoms with Gasteiger partial charge in [-0.25, -0.2) is 0 Å². The van der Waals surface area contributed by atoms with E-state index >= 15 is 0 Å². The van der Waals surface area contributed by atoms with Crippen LogP contribution in [-0.4, -0.2) is 12.2 Å². The van der Waals surface area contributed by atoms with Crippen LogP contribution >= 0.6 is 0 Å². The van der Waals surface area contributed by atoms with Crippen molar-refractivity contribution in [3.8, 4) is 0 Å². The first-order chi connectivity index (χ1) is 5.41. The molecular weight excluding hydrogens is 136 g/mol. The number of fused-ring (bicyclic) bond motifs is 2. The van der Waals surface area contributed by atoms with Gasteiger partial charge in [0.2, 0.25) is 0 Å². The van der Waals surface area contributed by atoms with Gasteiger partial charge in [-0.3, -0.25) is 0 Å². The lowest BCUT2D eigenvalue weighted by Crippen LogP contribution is -2.28. The van der Waals surface area contributed by atoms with Gasteiger partial charge in [0.1, 0.15) is 0 Å². The van der Waals surface area contributed by atoms with Gasteiger partial charge in [0.05, 0.1) is 12.2 Å². The Hall–Kier alpha value is -0.0400. The summed E-state index contributed by atoms with van der Waals surface area (Å²) in [4.78, 5) is 0. The molecule has 0 aromatic heterocycles. The van der Waals surface area contributed by atoms with Crippen molar-refractivity contribution in [3.63, 3.8) is 0 Å². The van der Waals surface area contributed by atoms with Crippen LogP contribution in [0.1, 0.15) is 44.9 Å². The van der Waals surface area contributed by atoms with E-state index in [1.54, 1.807) is 0 Å². The molecule has 1 aliphatic heterocycles. The van der Waals surface area contributed by atoms with Gasteiger partial charge < -0.3 is 4.74 Å². The Balaban J connectivity index is 1.84. The molecule has 3 aliphatic rings. The maximum Gasteiger partial charge on any atom is 0.0897 e. The van der Waals surface area contributed by atoms with Crippen molar-refractivity contribution in [2.45, 2.75) is 57.2 Å². The average molecular weight is 152 g/mol. The van der Waals surface area contributed by atoms with Crippen LogP contribution in [0.5, 0.6) is 0 Å². The second kappa shape index (κ2) is 2.01. The van der Waals surface area contributed by atoms with Gasteiger partial charge in [-0.05, 0) is 31.1 Å². The van der Waals surface area contributed by atoms with E-state index in [9.17, 15) is 0 Å². The van der Waals surface area contributed by atoms with Crippen molar-refractivity contribution in [2.75, 3.05) is 0 Å². The Morgan fingerprint density at radius 1 is 1.00 bits per heavy atom. The third-order valence-corrected chi connectivity index (χ3v) is 3.95. The third-order valence-electron chi connectivity index (χ3n) is 3.95. The predicted molar refractivity (Wildman–Crippen MR) is 43.4 cm³/mol. The molecular formula is C10H16O. The van der Waals surface area contributed by atoms with E-state index in [1.165, 1.54) is 44.9 Å². The smallest absolute Gasteiger partial charge is 0.0897 e. The first kappa shape index (κ1) is 6.47. The second-order valence-electron chi connectivity index (χ2n) is 4.56. The SMILES string of the molecule is C1CCC2(C1)CCC[C@H]1O[C@H]12. The van der Waals surface area contributed by atoms with Crippen LogP contribution in [-0.2, 0) is 4.74 Å². The van der Waals surface area contributed by atoms with Gasteiger partial charge >= 0.3 is 0 Å². The zero-order valence-electron chi connectivity index (χ0n) is 7.01. The van der Waals surface area contributed by atoms with E-state index < -0.39 is 0 Å². The normalized spacial score (nSPS) is 45.8. The maximum atomic E-state index is 5.72. The third kappa shape index (κ3) is 0.807. The Kier molecular flexibility index (Phi) is 1.18. The highest BCUT2D eigenvalue weighted by atomic mass is 16.6. The molecule has 11 heavy (non-hydrogen) atoms. The molecule has 0 unspecified atom stereocenters. The fourth-order valence-electron chi connectivity index (χ4n) is 3.31. The minimum Gasteiger partial charge on any atom is -0.369 e. The minimum absolute atomic E-state index is 0.683. The van der Waals surface area contributed by atoms with Crippen LogP contribution in [0.3, 0.4) is 0 Å². The number of rotatable bonds is 0. The molecule has 0 amide bonds. The second-order valence-corrected chi connectivity index (χ2v) is 4.56. The molecule has 0 bridgehead atoms. The highest BCUT2D eigenvalue weighted by Crippen LogP contribution is 2.57. The van der Waals surface area contributed by atoms with E-state index in [0.29, 0.717) is 17.6 Å². The molecule has 1 heteroatoms. The van der Waals surface area contributed by atoms with Gasteiger partial charge in [-0.1, -0.05) is 19.3 Å². The summed E-state index contributed by atoms with van der Waals surface area (Å²) in [7, 11) is 0. The van der Waals surface area contributed by atoms with E-state index in [2.05, 4.69) is 0 Å². The lowest BCUT2D eigenvalue weighted by molar-refractivity contribution is 0.185. The van der Waals surface area contributed by atoms with Gasteiger partial charge in [-0.15, -0.1) is 0 Å². The van der Waals surface area contributed by atoms with Gasteiger partial charge in [0.15, 0.2) is 0 Å². The molecule has 3 fully saturated rings. The lowest BCUT2D eigenvalue weighted by atomic mass is 9.73. The number of hydrogen-bond acceptors (Lipinski definition) is 1. The van der Waals surface area contributed by atoms with Crippen molar-refractivity contribution >= 4 is 0 Å². The summed E-state index contributed by atoms with van der Waals surface area (Å²) in [6, 6.07) is 0. The topological polar surface area (TPSA) is 12.5 Å². The highest BCUT2D eigenvalue weighted by Gasteiger charge is 2.57. The zero-order valence-corrected chi connectivity index (χ0v) is 7.01. The van der Waals surface area contributed by atoms with Crippen molar-refractivity contribution in [1.82, 2.24) is 0 Å². The molecule has 1 nitrogen and oxygen atoms in total. The Morgan fingerprint density at radius 2 is 1.73 bits per heavy atom. The van der Waals surface area contributed by atoms with Crippen LogP contribution in [0.4, 0.5) is 0 Å². The fourth-order valence-corrected chi connectivity index (χ4v) is 3.31. The Labute approximate surface area is 68.1 Å². The van der Waals surface area contributed by atoms with Crippen LogP contribution in [0.25, 0.3) is 0 Å². The molecule has 2 saturated carbocycles. The molecule has 2 atom stereocenters. The standard InChI is InChI=1S/C10H16O/c1-2-6-10(5-1)7-3-4-8-9(10)11-8/h8-9H,1-7H2/t8-,9-/m1/s1. The molecule has 2 aliphatic carbocycles. The highest BCUT2D eigenvalue weighted by molar-refractivity contribution is 5.05. The van der Waals surface area contributed by atoms with Crippen LogP contribution in [0, 0.1) is 5.41 Å². The first-order valence-corrected chi connectivity index (χ1v) is 5.06. The van der Waals surface area contributed by atoms with Crippen LogP contribution < -0.4 is 0 Å². The van der Waals surface area contributed by atoms with Crippen LogP contribution in [0.15, 0.2) is 0 Å². The molecule has 62 valence electrons. The molecule has 0 aromatic carbocycles. The Bertz CT molecular complexity index is 170. The van der Waals surface area contributed by atoms with Gasteiger partial charge in [0.25, 0.3) is 0 Å². The minimum atomic E-state index is 0.683. The summed E-state index contributed by atoms with van der Waals surface area (Å²) >= 11 is 0. The number of hydrogen-bond donors (Lipinski definition) is 0. The first-order valence-electron chi connectivity index (χ1n) is 5.06. The summed E-state index contributed by atoms with van der Waals surface area (Å²) in [5.74, 6) is 0. The lowest BCUT2D eigenvalue weighted by Gasteiger charge is -2.29. The monoisotopic (exact) mass is 152 g/mol. The van der Waals surface area contributed by atoms with Crippen LogP contribution in [0.2, 0.25) is 0 Å². The van der Waals surface area contributed by atoms with Crippen molar-refractivity contribution in [2.24, 2.45) is 5.41 Å². The molecule has 0 radical (unpaired) electrons. The number of epoxide rings is 1. The largest absolute Gasteiger partial charge is 0.369 e. The molecule has 3 rings (SSSR count). The van der Waals surface area contributed by atoms with E-state index in [0.717, 1.165) is 0 Å². The summed E-state index contributed by atoms with van der Waals surface area (Å²) in [6.07, 6.45) is 11.5. The summed E-state index contributed by atoms with van der Waals surface area (Å²) < 4.78 is 5.72. The summed E-state index contributed by atoms with van der Waals surface area (Å²) in [5.41, 5.74) is 0.683. The summed E-state index contributed by atoms with van der Waals surface area (Å²) in [6.45, 7) is 0. The quantitative estimate of drug-likeness (QED) is 0.486. The van der Waals surface area contributed by atoms with Crippen molar-refractivity contribution < 1.29 is 4.74 Å². The zero-order chi connectivity index (χ0) is 7.31. The summed E-state index contributed by atoms with van der Waals surface area (Å²) in [5, 5.41) is 0. The fraction of sp³-hybridized carbons (Fsp3) is 1.00. The van der Waals surface area contributed by atoms with Gasteiger partial charge in [-0.2, -0.15) is 0 Å². The van der Waals surface area contributed by atoms with Gasteiger partial charge in [0, 0.05) is 0 Å². The molecule has 1 spiro atoms. The van der Waals surface area contributed by atoms with E-state index in [1.807, 2.05) is 0 Å². The molecule has 0 aromatic rings. The van der Waals surface area contributed by atoms with Crippen molar-refractivity contribution in [1.29, 1.82) is 0 Å². The Morgan fingerprint density at radius 3 is 2.55 bits per heavy atom. The predicted octanol–water partition coefficient (Wildman–Crippen LogP) is 2.50. The van der Waals surface area contributed by atoms with Crippen molar-refractivity contribution in [3.05, 3.63) is 0 Å². The van der Waals surface area contributed by atoms with E-state index in [-0.39, 0.29) is 0 Å². The maximum absolute atomic E-state index is 5.72. The van der Waals surface area contributed by atoms with E-state index in [4.69, 9.17) is 4.74 Å². The molecule has 1 saturated heterocycles. The molecule has 1 heterocycles.